The summed E-state index contributed by atoms with van der Waals surface area (Å²) in [6.07, 6.45) is 4.18. The maximum Gasteiger partial charge on any atom is 0.247 e. The number of methoxy groups -OCH3 is 1. The lowest BCUT2D eigenvalue weighted by atomic mass is 10.0. The molecule has 0 saturated heterocycles. The first-order valence-electron chi connectivity index (χ1n) is 8.93. The summed E-state index contributed by atoms with van der Waals surface area (Å²) in [5, 5.41) is 3.68. The molecule has 0 spiro atoms. The maximum absolute atomic E-state index is 13.2. The molecular weight excluding hydrogens is 376 g/mol. The van der Waals surface area contributed by atoms with Crippen molar-refractivity contribution >= 4 is 15.6 Å². The van der Waals surface area contributed by atoms with Crippen LogP contribution in [0.25, 0.3) is 16.9 Å². The van der Waals surface area contributed by atoms with Crippen LogP contribution in [0.2, 0.25) is 0 Å². The zero-order valence-electron chi connectivity index (χ0n) is 15.4. The SMILES string of the molecule is COc1cc(-c2ccno2)ccc1S(=O)(=O)N1CC=C(c2ccccc2)CC1. The Morgan fingerprint density at radius 3 is 2.54 bits per heavy atom. The summed E-state index contributed by atoms with van der Waals surface area (Å²) in [6, 6.07) is 16.7. The average molecular weight is 396 g/mol. The van der Waals surface area contributed by atoms with E-state index in [0.717, 1.165) is 5.56 Å². The summed E-state index contributed by atoms with van der Waals surface area (Å²) < 4.78 is 38.4. The van der Waals surface area contributed by atoms with E-state index >= 15 is 0 Å². The van der Waals surface area contributed by atoms with E-state index in [2.05, 4.69) is 5.16 Å². The molecule has 2 aromatic carbocycles. The van der Waals surface area contributed by atoms with Crippen molar-refractivity contribution in [3.8, 4) is 17.1 Å². The van der Waals surface area contributed by atoms with Crippen LogP contribution in [0, 0.1) is 0 Å². The number of aromatic nitrogens is 1. The molecule has 4 rings (SSSR count). The zero-order chi connectivity index (χ0) is 19.6. The van der Waals surface area contributed by atoms with Gasteiger partial charge in [-0.15, -0.1) is 0 Å². The highest BCUT2D eigenvalue weighted by atomic mass is 32.2. The highest BCUT2D eigenvalue weighted by Gasteiger charge is 2.29. The van der Waals surface area contributed by atoms with E-state index < -0.39 is 10.0 Å². The van der Waals surface area contributed by atoms with Crippen molar-refractivity contribution < 1.29 is 17.7 Å². The average Bonchev–Trinajstić information content (AvgIpc) is 3.29. The molecule has 1 aliphatic rings. The van der Waals surface area contributed by atoms with Gasteiger partial charge in [0, 0.05) is 24.7 Å². The smallest absolute Gasteiger partial charge is 0.247 e. The number of rotatable bonds is 5. The van der Waals surface area contributed by atoms with E-state index in [1.165, 1.54) is 23.2 Å². The molecule has 0 atom stereocenters. The van der Waals surface area contributed by atoms with E-state index in [0.29, 0.717) is 30.8 Å². The Hall–Kier alpha value is -2.90. The second-order valence-electron chi connectivity index (χ2n) is 6.45. The third kappa shape index (κ3) is 3.46. The maximum atomic E-state index is 13.2. The number of sulfonamides is 1. The van der Waals surface area contributed by atoms with Crippen molar-refractivity contribution in [1.82, 2.24) is 9.46 Å². The topological polar surface area (TPSA) is 72.6 Å². The molecule has 0 amide bonds. The minimum Gasteiger partial charge on any atom is -0.495 e. The summed E-state index contributed by atoms with van der Waals surface area (Å²) in [4.78, 5) is 0.148. The predicted octanol–water partition coefficient (Wildman–Crippen LogP) is 3.83. The molecule has 6 nitrogen and oxygen atoms in total. The first-order chi connectivity index (χ1) is 13.6. The van der Waals surface area contributed by atoms with Crippen molar-refractivity contribution in [2.45, 2.75) is 11.3 Å². The van der Waals surface area contributed by atoms with E-state index in [-0.39, 0.29) is 10.6 Å². The van der Waals surface area contributed by atoms with Gasteiger partial charge in [0.25, 0.3) is 0 Å². The molecule has 1 aliphatic heterocycles. The Balaban J connectivity index is 1.61. The largest absolute Gasteiger partial charge is 0.495 e. The van der Waals surface area contributed by atoms with Crippen molar-refractivity contribution in [1.29, 1.82) is 0 Å². The van der Waals surface area contributed by atoms with Crippen LogP contribution in [-0.4, -0.2) is 38.1 Å². The van der Waals surface area contributed by atoms with Crippen molar-refractivity contribution in [2.75, 3.05) is 20.2 Å². The van der Waals surface area contributed by atoms with Crippen LogP contribution in [0.3, 0.4) is 0 Å². The number of ether oxygens (including phenoxy) is 1. The lowest BCUT2D eigenvalue weighted by molar-refractivity contribution is 0.394. The molecule has 0 fully saturated rings. The summed E-state index contributed by atoms with van der Waals surface area (Å²) in [7, 11) is -2.22. The number of hydrogen-bond acceptors (Lipinski definition) is 5. The monoisotopic (exact) mass is 396 g/mol. The molecule has 144 valence electrons. The Morgan fingerprint density at radius 1 is 1.07 bits per heavy atom. The molecule has 1 aromatic heterocycles. The van der Waals surface area contributed by atoms with E-state index in [4.69, 9.17) is 9.26 Å². The number of hydrogen-bond donors (Lipinski definition) is 0. The van der Waals surface area contributed by atoms with Gasteiger partial charge in [-0.2, -0.15) is 4.31 Å². The molecule has 0 unspecified atom stereocenters. The summed E-state index contributed by atoms with van der Waals surface area (Å²) >= 11 is 0. The first-order valence-corrected chi connectivity index (χ1v) is 10.4. The highest BCUT2D eigenvalue weighted by molar-refractivity contribution is 7.89. The first kappa shape index (κ1) is 18.5. The van der Waals surface area contributed by atoms with Crippen molar-refractivity contribution in [3.63, 3.8) is 0 Å². The van der Waals surface area contributed by atoms with Crippen LogP contribution in [-0.2, 0) is 10.0 Å². The molecule has 28 heavy (non-hydrogen) atoms. The molecule has 0 radical (unpaired) electrons. The van der Waals surface area contributed by atoms with Crippen LogP contribution in [0.1, 0.15) is 12.0 Å². The molecule has 0 saturated carbocycles. The molecule has 3 aromatic rings. The van der Waals surface area contributed by atoms with Gasteiger partial charge in [-0.25, -0.2) is 8.42 Å². The lowest BCUT2D eigenvalue weighted by Crippen LogP contribution is -2.34. The van der Waals surface area contributed by atoms with Crippen LogP contribution >= 0.6 is 0 Å². The fourth-order valence-electron chi connectivity index (χ4n) is 3.32. The third-order valence-corrected chi connectivity index (χ3v) is 6.72. The van der Waals surface area contributed by atoms with Gasteiger partial charge in [0.05, 0.1) is 13.3 Å². The van der Waals surface area contributed by atoms with E-state index in [9.17, 15) is 8.42 Å². The Bertz CT molecular complexity index is 1090. The van der Waals surface area contributed by atoms with Crippen LogP contribution in [0.4, 0.5) is 0 Å². The van der Waals surface area contributed by atoms with E-state index in [1.54, 1.807) is 24.3 Å². The standard InChI is InChI=1S/C21H20N2O4S/c1-26-20-15-18(19-9-12-22-27-19)7-8-21(20)28(24,25)23-13-10-17(11-14-23)16-5-3-2-4-6-16/h2-10,12,15H,11,13-14H2,1H3. The highest BCUT2D eigenvalue weighted by Crippen LogP contribution is 2.33. The Kier molecular flexibility index (Phi) is 5.02. The fourth-order valence-corrected chi connectivity index (χ4v) is 4.84. The molecular formula is C21H20N2O4S. The normalized spacial score (nSPS) is 15.2. The van der Waals surface area contributed by atoms with Gasteiger partial charge < -0.3 is 9.26 Å². The molecule has 0 bridgehead atoms. The van der Waals surface area contributed by atoms with Gasteiger partial charge in [0.2, 0.25) is 10.0 Å². The second-order valence-corrected chi connectivity index (χ2v) is 8.36. The summed E-state index contributed by atoms with van der Waals surface area (Å²) in [5.41, 5.74) is 3.01. The predicted molar refractivity (Wildman–Crippen MR) is 106 cm³/mol. The zero-order valence-corrected chi connectivity index (χ0v) is 16.2. The van der Waals surface area contributed by atoms with Crippen LogP contribution in [0.15, 0.2) is 76.3 Å². The molecule has 2 heterocycles. The van der Waals surface area contributed by atoms with Crippen molar-refractivity contribution in [2.24, 2.45) is 0 Å². The fraction of sp³-hybridized carbons (Fsp3) is 0.190. The van der Waals surface area contributed by atoms with Gasteiger partial charge in [0.15, 0.2) is 5.76 Å². The summed E-state index contributed by atoms with van der Waals surface area (Å²) in [6.45, 7) is 0.760. The van der Waals surface area contributed by atoms with Gasteiger partial charge in [-0.05, 0) is 35.8 Å². The third-order valence-electron chi connectivity index (χ3n) is 4.82. The number of nitrogens with zero attached hydrogens (tertiary/aromatic N) is 2. The van der Waals surface area contributed by atoms with Gasteiger partial charge >= 0.3 is 0 Å². The number of benzene rings is 2. The Labute approximate surface area is 164 Å². The molecule has 0 aliphatic carbocycles. The molecule has 0 N–H and O–H groups in total. The van der Waals surface area contributed by atoms with E-state index in [1.807, 2.05) is 36.4 Å². The van der Waals surface area contributed by atoms with Crippen molar-refractivity contribution in [3.05, 3.63) is 72.4 Å². The lowest BCUT2D eigenvalue weighted by Gasteiger charge is -2.26. The van der Waals surface area contributed by atoms with Gasteiger partial charge in [-0.3, -0.25) is 0 Å². The Morgan fingerprint density at radius 2 is 1.89 bits per heavy atom. The summed E-state index contributed by atoms with van der Waals surface area (Å²) in [5.74, 6) is 0.836. The molecule has 7 heteroatoms. The minimum atomic E-state index is -3.68. The second kappa shape index (κ2) is 7.61. The van der Waals surface area contributed by atoms with Crippen LogP contribution < -0.4 is 4.74 Å². The van der Waals surface area contributed by atoms with Crippen LogP contribution in [0.5, 0.6) is 5.75 Å². The quantitative estimate of drug-likeness (QED) is 0.655. The van der Waals surface area contributed by atoms with Gasteiger partial charge in [-0.1, -0.05) is 41.6 Å². The van der Waals surface area contributed by atoms with Gasteiger partial charge in [0.1, 0.15) is 10.6 Å². The minimum absolute atomic E-state index is 0.148.